The fraction of sp³-hybridized carbons (Fsp3) is 0.316. The zero-order valence-electron chi connectivity index (χ0n) is 15.8. The van der Waals surface area contributed by atoms with Gasteiger partial charge in [0.25, 0.3) is 15.9 Å². The normalized spacial score (nSPS) is 12.3. The van der Waals surface area contributed by atoms with Crippen molar-refractivity contribution in [2.24, 2.45) is 0 Å². The van der Waals surface area contributed by atoms with Crippen molar-refractivity contribution in [2.45, 2.75) is 38.7 Å². The van der Waals surface area contributed by atoms with Crippen molar-refractivity contribution in [3.05, 3.63) is 53.6 Å². The third-order valence-corrected chi connectivity index (χ3v) is 5.15. The lowest BCUT2D eigenvalue weighted by atomic mass is 10.2. The highest BCUT2D eigenvalue weighted by Gasteiger charge is 2.21. The predicted molar refractivity (Wildman–Crippen MR) is 102 cm³/mol. The van der Waals surface area contributed by atoms with Gasteiger partial charge < -0.3 is 9.47 Å². The highest BCUT2D eigenvalue weighted by molar-refractivity contribution is 7.89. The molecule has 2 N–H and O–H groups in total. The number of hydrogen-bond acceptors (Lipinski definition) is 5. The van der Waals surface area contributed by atoms with Gasteiger partial charge in [0.05, 0.1) is 11.5 Å². The summed E-state index contributed by atoms with van der Waals surface area (Å²) in [6.07, 6.45) is -0.899. The fourth-order valence-corrected chi connectivity index (χ4v) is 3.49. The van der Waals surface area contributed by atoms with E-state index in [1.165, 1.54) is 6.92 Å². The predicted octanol–water partition coefficient (Wildman–Crippen LogP) is 2.48. The van der Waals surface area contributed by atoms with Crippen LogP contribution in [0.2, 0.25) is 0 Å². The molecule has 0 aliphatic carbocycles. The van der Waals surface area contributed by atoms with Crippen LogP contribution in [0, 0.1) is 13.8 Å². The Kier molecular flexibility index (Phi) is 6.81. The Bertz CT molecular complexity index is 895. The molecule has 1 atom stereocenters. The first-order valence-corrected chi connectivity index (χ1v) is 9.99. The lowest BCUT2D eigenvalue weighted by Gasteiger charge is -2.16. The first kappa shape index (κ1) is 20.7. The van der Waals surface area contributed by atoms with Crippen LogP contribution < -0.4 is 19.7 Å². The van der Waals surface area contributed by atoms with Crippen LogP contribution in [0.25, 0.3) is 0 Å². The molecular weight excluding hydrogens is 368 g/mol. The van der Waals surface area contributed by atoms with Gasteiger partial charge in [-0.1, -0.05) is 12.1 Å². The van der Waals surface area contributed by atoms with Crippen molar-refractivity contribution in [3.8, 4) is 11.5 Å². The highest BCUT2D eigenvalue weighted by atomic mass is 32.2. The molecule has 2 aromatic carbocycles. The molecule has 7 nitrogen and oxygen atoms in total. The van der Waals surface area contributed by atoms with Crippen LogP contribution >= 0.6 is 0 Å². The summed E-state index contributed by atoms with van der Waals surface area (Å²) in [5, 5.41) is 0. The molecule has 146 valence electrons. The maximum atomic E-state index is 12.4. The minimum absolute atomic E-state index is 0.114. The third kappa shape index (κ3) is 5.70. The quantitative estimate of drug-likeness (QED) is 0.673. The minimum atomic E-state index is -3.88. The van der Waals surface area contributed by atoms with Gasteiger partial charge in [-0.15, -0.1) is 4.83 Å². The highest BCUT2D eigenvalue weighted by Crippen LogP contribution is 2.19. The zero-order valence-corrected chi connectivity index (χ0v) is 16.6. The second-order valence-electron chi connectivity index (χ2n) is 6.03. The number of sulfonamides is 1. The smallest absolute Gasteiger partial charge is 0.275 e. The SMILES string of the molecule is CCOc1ccc(O[C@H](C)C(=O)NNS(=O)(=O)c2cc(C)ccc2C)cc1. The van der Waals surface area contributed by atoms with Gasteiger partial charge >= 0.3 is 0 Å². The van der Waals surface area contributed by atoms with Crippen LogP contribution in [0.4, 0.5) is 0 Å². The fourth-order valence-electron chi connectivity index (χ4n) is 2.31. The van der Waals surface area contributed by atoms with Gasteiger partial charge in [0.2, 0.25) is 0 Å². The maximum Gasteiger partial charge on any atom is 0.275 e. The lowest BCUT2D eigenvalue weighted by Crippen LogP contribution is -2.47. The average molecular weight is 392 g/mol. The van der Waals surface area contributed by atoms with Gasteiger partial charge in [-0.25, -0.2) is 8.42 Å². The van der Waals surface area contributed by atoms with E-state index in [0.29, 0.717) is 23.7 Å². The van der Waals surface area contributed by atoms with Crippen LogP contribution in [-0.2, 0) is 14.8 Å². The van der Waals surface area contributed by atoms with E-state index in [1.807, 2.05) is 13.0 Å². The van der Waals surface area contributed by atoms with Gasteiger partial charge in [-0.3, -0.25) is 10.2 Å². The summed E-state index contributed by atoms with van der Waals surface area (Å²) in [5.74, 6) is 0.555. The number of aryl methyl sites for hydroxylation is 2. The Morgan fingerprint density at radius 2 is 1.70 bits per heavy atom. The van der Waals surface area contributed by atoms with E-state index < -0.39 is 22.0 Å². The van der Waals surface area contributed by atoms with Crippen LogP contribution in [0.5, 0.6) is 11.5 Å². The summed E-state index contributed by atoms with van der Waals surface area (Å²) in [4.78, 5) is 14.4. The largest absolute Gasteiger partial charge is 0.494 e. The molecule has 0 aliphatic heterocycles. The van der Waals surface area contributed by atoms with Crippen molar-refractivity contribution in [1.29, 1.82) is 0 Å². The second kappa shape index (κ2) is 8.88. The average Bonchev–Trinajstić information content (AvgIpc) is 2.63. The van der Waals surface area contributed by atoms with Gasteiger partial charge in [-0.2, -0.15) is 0 Å². The number of carbonyl (C=O) groups excluding carboxylic acids is 1. The number of benzene rings is 2. The lowest BCUT2D eigenvalue weighted by molar-refractivity contribution is -0.127. The van der Waals surface area contributed by atoms with E-state index in [9.17, 15) is 13.2 Å². The Balaban J connectivity index is 1.96. The van der Waals surface area contributed by atoms with Crippen molar-refractivity contribution < 1.29 is 22.7 Å². The van der Waals surface area contributed by atoms with E-state index in [-0.39, 0.29) is 4.90 Å². The molecule has 0 unspecified atom stereocenters. The molecule has 0 aliphatic rings. The van der Waals surface area contributed by atoms with E-state index in [2.05, 4.69) is 10.3 Å². The van der Waals surface area contributed by atoms with Crippen molar-refractivity contribution in [1.82, 2.24) is 10.3 Å². The summed E-state index contributed by atoms with van der Waals surface area (Å²) < 4.78 is 35.7. The molecule has 0 saturated heterocycles. The summed E-state index contributed by atoms with van der Waals surface area (Å²) in [7, 11) is -3.88. The summed E-state index contributed by atoms with van der Waals surface area (Å²) in [6.45, 7) is 7.45. The van der Waals surface area contributed by atoms with Crippen LogP contribution in [0.3, 0.4) is 0 Å². The van der Waals surface area contributed by atoms with Crippen molar-refractivity contribution in [2.75, 3.05) is 6.61 Å². The van der Waals surface area contributed by atoms with E-state index in [4.69, 9.17) is 9.47 Å². The van der Waals surface area contributed by atoms with E-state index in [1.54, 1.807) is 50.2 Å². The Morgan fingerprint density at radius 3 is 2.33 bits per heavy atom. The summed E-state index contributed by atoms with van der Waals surface area (Å²) in [6, 6.07) is 11.9. The maximum absolute atomic E-state index is 12.4. The number of nitrogens with one attached hydrogen (secondary N) is 2. The number of ether oxygens (including phenoxy) is 2. The molecule has 1 amide bonds. The Morgan fingerprint density at radius 1 is 1.07 bits per heavy atom. The molecular formula is C19H24N2O5S. The zero-order chi connectivity index (χ0) is 20.0. The number of rotatable bonds is 8. The topological polar surface area (TPSA) is 93.7 Å². The number of amides is 1. The molecule has 8 heteroatoms. The summed E-state index contributed by atoms with van der Waals surface area (Å²) >= 11 is 0. The molecule has 2 aromatic rings. The molecule has 0 radical (unpaired) electrons. The Labute approximate surface area is 159 Å². The van der Waals surface area contributed by atoms with Gasteiger partial charge in [0.1, 0.15) is 11.5 Å². The van der Waals surface area contributed by atoms with Crippen molar-refractivity contribution >= 4 is 15.9 Å². The standard InChI is InChI=1S/C19H24N2O5S/c1-5-25-16-8-10-17(11-9-16)26-15(4)19(22)20-21-27(23,24)18-12-13(2)6-7-14(18)3/h6-12,15,21H,5H2,1-4H3,(H,20,22)/t15-/m1/s1. The molecule has 0 spiro atoms. The Hall–Kier alpha value is -2.58. The molecule has 0 aromatic heterocycles. The van der Waals surface area contributed by atoms with E-state index in [0.717, 1.165) is 5.56 Å². The molecule has 0 heterocycles. The van der Waals surface area contributed by atoms with Gasteiger partial charge in [0, 0.05) is 0 Å². The second-order valence-corrected chi connectivity index (χ2v) is 7.68. The van der Waals surface area contributed by atoms with Crippen LogP contribution in [-0.4, -0.2) is 27.0 Å². The molecule has 0 bridgehead atoms. The van der Waals surface area contributed by atoms with E-state index >= 15 is 0 Å². The first-order valence-electron chi connectivity index (χ1n) is 8.51. The number of carbonyl (C=O) groups is 1. The molecule has 0 saturated carbocycles. The van der Waals surface area contributed by atoms with Crippen LogP contribution in [0.1, 0.15) is 25.0 Å². The monoisotopic (exact) mass is 392 g/mol. The third-order valence-electron chi connectivity index (χ3n) is 3.76. The van der Waals surface area contributed by atoms with Crippen LogP contribution in [0.15, 0.2) is 47.4 Å². The summed E-state index contributed by atoms with van der Waals surface area (Å²) in [5.41, 5.74) is 3.58. The molecule has 2 rings (SSSR count). The van der Waals surface area contributed by atoms with Gasteiger partial charge in [-0.05, 0) is 69.2 Å². The number of hydrazine groups is 1. The first-order chi connectivity index (χ1) is 12.7. The number of hydrogen-bond donors (Lipinski definition) is 2. The van der Waals surface area contributed by atoms with Crippen molar-refractivity contribution in [3.63, 3.8) is 0 Å². The molecule has 27 heavy (non-hydrogen) atoms. The molecule has 0 fully saturated rings. The minimum Gasteiger partial charge on any atom is -0.494 e. The van der Waals surface area contributed by atoms with Gasteiger partial charge in [0.15, 0.2) is 6.10 Å².